The Balaban J connectivity index is 2.27. The molecule has 0 atom stereocenters. The normalized spacial score (nSPS) is 17.2. The van der Waals surface area contributed by atoms with Crippen molar-refractivity contribution in [3.8, 4) is 5.75 Å². The number of phenolic OH excluding ortho intramolecular Hbond substituents is 1. The van der Waals surface area contributed by atoms with Gasteiger partial charge in [0.25, 0.3) is 5.91 Å². The Morgan fingerprint density at radius 3 is 2.48 bits per heavy atom. The monoisotopic (exact) mass is 291 g/mol. The third-order valence-electron chi connectivity index (χ3n) is 4.37. The van der Waals surface area contributed by atoms with Crippen LogP contribution in [0, 0.1) is 0 Å². The Morgan fingerprint density at radius 2 is 1.90 bits per heavy atom. The molecule has 0 spiro atoms. The summed E-state index contributed by atoms with van der Waals surface area (Å²) in [5.41, 5.74) is -0.236. The summed E-state index contributed by atoms with van der Waals surface area (Å²) in [7, 11) is 1.67. The van der Waals surface area contributed by atoms with Crippen molar-refractivity contribution in [1.29, 1.82) is 0 Å². The van der Waals surface area contributed by atoms with Crippen molar-refractivity contribution in [3.05, 3.63) is 29.8 Å². The highest BCUT2D eigenvalue weighted by Crippen LogP contribution is 2.36. The molecule has 0 saturated heterocycles. The number of rotatable bonds is 4. The minimum Gasteiger partial charge on any atom is -0.508 e. The number of carboxylic acids is 1. The lowest BCUT2D eigenvalue weighted by Crippen LogP contribution is -2.52. The molecule has 0 aliphatic heterocycles. The lowest BCUT2D eigenvalue weighted by molar-refractivity contribution is -0.140. The van der Waals surface area contributed by atoms with Gasteiger partial charge in [-0.15, -0.1) is 0 Å². The highest BCUT2D eigenvalue weighted by atomic mass is 16.4. The predicted octanol–water partition coefficient (Wildman–Crippen LogP) is 2.64. The van der Waals surface area contributed by atoms with Crippen LogP contribution in [-0.4, -0.2) is 39.6 Å². The summed E-state index contributed by atoms with van der Waals surface area (Å²) in [5.74, 6) is -1.09. The first-order chi connectivity index (χ1) is 9.94. The minimum atomic E-state index is -0.882. The zero-order valence-electron chi connectivity index (χ0n) is 12.2. The van der Waals surface area contributed by atoms with Crippen LogP contribution in [0.2, 0.25) is 0 Å². The number of carbonyl (C=O) groups excluding carboxylic acids is 1. The van der Waals surface area contributed by atoms with Gasteiger partial charge in [0, 0.05) is 12.6 Å². The summed E-state index contributed by atoms with van der Waals surface area (Å²) in [6.07, 6.45) is 4.33. The second-order valence-corrected chi connectivity index (χ2v) is 5.77. The molecule has 0 radical (unpaired) electrons. The standard InChI is InChI=1S/C16H21NO4/c1-17(15(21)12-6-5-7-13(18)10-12)16(11-14(19)20)8-3-2-4-9-16/h5-7,10,18H,2-4,8-9,11H2,1H3,(H,19,20). The number of aromatic hydroxyl groups is 1. The van der Waals surface area contributed by atoms with Gasteiger partial charge in [-0.3, -0.25) is 9.59 Å². The molecule has 0 aromatic heterocycles. The van der Waals surface area contributed by atoms with E-state index < -0.39 is 11.5 Å². The predicted molar refractivity (Wildman–Crippen MR) is 78.3 cm³/mol. The van der Waals surface area contributed by atoms with Crippen LogP contribution in [0.5, 0.6) is 5.75 Å². The molecule has 21 heavy (non-hydrogen) atoms. The van der Waals surface area contributed by atoms with E-state index in [0.717, 1.165) is 19.3 Å². The second kappa shape index (κ2) is 6.16. The van der Waals surface area contributed by atoms with E-state index in [4.69, 9.17) is 0 Å². The van der Waals surface area contributed by atoms with Crippen molar-refractivity contribution < 1.29 is 19.8 Å². The summed E-state index contributed by atoms with van der Waals surface area (Å²) in [4.78, 5) is 25.4. The van der Waals surface area contributed by atoms with Gasteiger partial charge in [0.15, 0.2) is 0 Å². The van der Waals surface area contributed by atoms with E-state index in [0.29, 0.717) is 18.4 Å². The quantitative estimate of drug-likeness (QED) is 0.894. The van der Waals surface area contributed by atoms with Crippen LogP contribution in [0.1, 0.15) is 48.9 Å². The number of nitrogens with zero attached hydrogens (tertiary/aromatic N) is 1. The number of phenols is 1. The molecule has 1 aromatic rings. The first kappa shape index (κ1) is 15.4. The fourth-order valence-corrected chi connectivity index (χ4v) is 3.17. The van der Waals surface area contributed by atoms with Gasteiger partial charge >= 0.3 is 5.97 Å². The van der Waals surface area contributed by atoms with Gasteiger partial charge in [-0.25, -0.2) is 0 Å². The van der Waals surface area contributed by atoms with E-state index in [1.54, 1.807) is 24.1 Å². The van der Waals surface area contributed by atoms with Gasteiger partial charge in [-0.05, 0) is 31.0 Å². The van der Waals surface area contributed by atoms with E-state index in [1.807, 2.05) is 0 Å². The lowest BCUT2D eigenvalue weighted by Gasteiger charge is -2.44. The Kier molecular flexibility index (Phi) is 4.50. The zero-order chi connectivity index (χ0) is 15.5. The molecule has 2 N–H and O–H groups in total. The molecular formula is C16H21NO4. The van der Waals surface area contributed by atoms with Gasteiger partial charge in [-0.1, -0.05) is 25.3 Å². The number of amides is 1. The van der Waals surface area contributed by atoms with Gasteiger partial charge in [-0.2, -0.15) is 0 Å². The smallest absolute Gasteiger partial charge is 0.305 e. The van der Waals surface area contributed by atoms with Gasteiger partial charge in [0.05, 0.1) is 12.0 Å². The molecule has 5 nitrogen and oxygen atoms in total. The van der Waals surface area contributed by atoms with Gasteiger partial charge < -0.3 is 15.1 Å². The topological polar surface area (TPSA) is 77.8 Å². The molecule has 1 aliphatic carbocycles. The summed E-state index contributed by atoms with van der Waals surface area (Å²) in [6, 6.07) is 6.16. The Bertz CT molecular complexity index is 535. The third-order valence-corrected chi connectivity index (χ3v) is 4.37. The molecule has 1 amide bonds. The summed E-state index contributed by atoms with van der Waals surface area (Å²) in [6.45, 7) is 0. The highest BCUT2D eigenvalue weighted by Gasteiger charge is 2.40. The number of carboxylic acid groups (broad SMARTS) is 1. The van der Waals surface area contributed by atoms with E-state index in [1.165, 1.54) is 12.1 Å². The zero-order valence-corrected chi connectivity index (χ0v) is 12.2. The number of hydrogen-bond acceptors (Lipinski definition) is 3. The minimum absolute atomic E-state index is 0.0326. The summed E-state index contributed by atoms with van der Waals surface area (Å²) >= 11 is 0. The molecule has 1 aromatic carbocycles. The maximum atomic E-state index is 12.6. The van der Waals surface area contributed by atoms with E-state index in [9.17, 15) is 19.8 Å². The van der Waals surface area contributed by atoms with Crippen molar-refractivity contribution in [2.24, 2.45) is 0 Å². The Labute approximate surface area is 124 Å². The van der Waals surface area contributed by atoms with Crippen LogP contribution in [0.15, 0.2) is 24.3 Å². The molecule has 114 valence electrons. The lowest BCUT2D eigenvalue weighted by atomic mass is 9.78. The largest absolute Gasteiger partial charge is 0.508 e. The van der Waals surface area contributed by atoms with E-state index in [2.05, 4.69) is 0 Å². The van der Waals surface area contributed by atoms with Crippen LogP contribution in [0.25, 0.3) is 0 Å². The highest BCUT2D eigenvalue weighted by molar-refractivity contribution is 5.95. The first-order valence-electron chi connectivity index (χ1n) is 7.24. The molecule has 2 rings (SSSR count). The van der Waals surface area contributed by atoms with Crippen molar-refractivity contribution >= 4 is 11.9 Å². The average molecular weight is 291 g/mol. The molecule has 0 bridgehead atoms. The maximum absolute atomic E-state index is 12.6. The SMILES string of the molecule is CN(C(=O)c1cccc(O)c1)C1(CC(=O)O)CCCCC1. The maximum Gasteiger partial charge on any atom is 0.305 e. The molecule has 1 saturated carbocycles. The molecule has 5 heteroatoms. The Morgan fingerprint density at radius 1 is 1.24 bits per heavy atom. The van der Waals surface area contributed by atoms with Crippen molar-refractivity contribution in [2.45, 2.75) is 44.1 Å². The molecule has 0 unspecified atom stereocenters. The molecule has 0 heterocycles. The van der Waals surface area contributed by atoms with Crippen LogP contribution >= 0.6 is 0 Å². The average Bonchev–Trinajstić information content (AvgIpc) is 2.46. The Hall–Kier alpha value is -2.04. The fourth-order valence-electron chi connectivity index (χ4n) is 3.17. The first-order valence-corrected chi connectivity index (χ1v) is 7.24. The number of aliphatic carboxylic acids is 1. The van der Waals surface area contributed by atoms with E-state index in [-0.39, 0.29) is 18.1 Å². The molecule has 1 aliphatic rings. The number of benzene rings is 1. The molecular weight excluding hydrogens is 270 g/mol. The number of carbonyl (C=O) groups is 2. The van der Waals surface area contributed by atoms with Crippen LogP contribution < -0.4 is 0 Å². The van der Waals surface area contributed by atoms with Crippen LogP contribution in [0.3, 0.4) is 0 Å². The third kappa shape index (κ3) is 3.35. The number of hydrogen-bond donors (Lipinski definition) is 2. The van der Waals surface area contributed by atoms with E-state index >= 15 is 0 Å². The second-order valence-electron chi connectivity index (χ2n) is 5.77. The van der Waals surface area contributed by atoms with Crippen LogP contribution in [-0.2, 0) is 4.79 Å². The fraction of sp³-hybridized carbons (Fsp3) is 0.500. The van der Waals surface area contributed by atoms with Crippen molar-refractivity contribution in [3.63, 3.8) is 0 Å². The molecule has 1 fully saturated rings. The van der Waals surface area contributed by atoms with Crippen molar-refractivity contribution in [1.82, 2.24) is 4.90 Å². The van der Waals surface area contributed by atoms with Gasteiger partial charge in [0.1, 0.15) is 5.75 Å². The van der Waals surface area contributed by atoms with Crippen LogP contribution in [0.4, 0.5) is 0 Å². The van der Waals surface area contributed by atoms with Gasteiger partial charge in [0.2, 0.25) is 0 Å². The van der Waals surface area contributed by atoms with Crippen molar-refractivity contribution in [2.75, 3.05) is 7.05 Å². The summed E-state index contributed by atoms with van der Waals surface area (Å²) in [5, 5.41) is 18.7. The summed E-state index contributed by atoms with van der Waals surface area (Å²) < 4.78 is 0.